The Morgan fingerprint density at radius 1 is 0.727 bits per heavy atom. The Labute approximate surface area is 130 Å². The van der Waals surface area contributed by atoms with Crippen molar-refractivity contribution in [1.29, 1.82) is 0 Å². The van der Waals surface area contributed by atoms with E-state index in [4.69, 9.17) is 4.74 Å². The number of methoxy groups -OCH3 is 1. The molecule has 0 radical (unpaired) electrons. The molecule has 0 aliphatic heterocycles. The number of carbonyl (C=O) groups excluding carboxylic acids is 1. The van der Waals surface area contributed by atoms with E-state index in [1.54, 1.807) is 7.11 Å². The van der Waals surface area contributed by atoms with Crippen LogP contribution in [0.1, 0.15) is 15.9 Å². The summed E-state index contributed by atoms with van der Waals surface area (Å²) in [7, 11) is 1.65. The van der Waals surface area contributed by atoms with Gasteiger partial charge in [0.25, 0.3) is 0 Å². The van der Waals surface area contributed by atoms with E-state index in [0.717, 1.165) is 16.9 Å². The first-order valence-electron chi connectivity index (χ1n) is 7.12. The minimum atomic E-state index is 0.0379. The third kappa shape index (κ3) is 2.91. The average Bonchev–Trinajstić information content (AvgIpc) is 2.62. The van der Waals surface area contributed by atoms with Gasteiger partial charge in [-0.3, -0.25) is 4.79 Å². The maximum absolute atomic E-state index is 12.5. The van der Waals surface area contributed by atoms with Crippen LogP contribution in [0, 0.1) is 0 Å². The highest BCUT2D eigenvalue weighted by molar-refractivity contribution is 6.09. The van der Waals surface area contributed by atoms with Gasteiger partial charge in [0.05, 0.1) is 7.11 Å². The van der Waals surface area contributed by atoms with Crippen LogP contribution in [0.3, 0.4) is 0 Å². The van der Waals surface area contributed by atoms with Gasteiger partial charge in [0.2, 0.25) is 0 Å². The van der Waals surface area contributed by atoms with Crippen LogP contribution in [0.5, 0.6) is 5.75 Å². The molecule has 0 saturated heterocycles. The van der Waals surface area contributed by atoms with Crippen molar-refractivity contribution in [2.45, 2.75) is 0 Å². The van der Waals surface area contributed by atoms with Gasteiger partial charge in [-0.2, -0.15) is 0 Å². The van der Waals surface area contributed by atoms with Crippen molar-refractivity contribution in [3.05, 3.63) is 90.0 Å². The molecule has 0 atom stereocenters. The average molecular weight is 288 g/mol. The summed E-state index contributed by atoms with van der Waals surface area (Å²) in [5.74, 6) is 0.858. The van der Waals surface area contributed by atoms with E-state index >= 15 is 0 Å². The van der Waals surface area contributed by atoms with Crippen LogP contribution in [0.25, 0.3) is 11.1 Å². The van der Waals surface area contributed by atoms with Crippen LogP contribution in [0.2, 0.25) is 0 Å². The fraction of sp³-hybridized carbons (Fsp3) is 0.0500. The van der Waals surface area contributed by atoms with E-state index in [1.165, 1.54) is 0 Å². The first kappa shape index (κ1) is 14.1. The molecule has 0 fully saturated rings. The van der Waals surface area contributed by atoms with Gasteiger partial charge in [0.1, 0.15) is 5.75 Å². The van der Waals surface area contributed by atoms with Gasteiger partial charge in [0.15, 0.2) is 5.78 Å². The molecule has 22 heavy (non-hydrogen) atoms. The number of rotatable bonds is 4. The molecule has 0 bridgehead atoms. The summed E-state index contributed by atoms with van der Waals surface area (Å²) in [4.78, 5) is 12.5. The van der Waals surface area contributed by atoms with Crippen LogP contribution in [0.15, 0.2) is 78.9 Å². The molecule has 0 unspecified atom stereocenters. The Morgan fingerprint density at radius 3 is 2.09 bits per heavy atom. The first-order chi connectivity index (χ1) is 10.8. The Kier molecular flexibility index (Phi) is 4.01. The van der Waals surface area contributed by atoms with Crippen LogP contribution in [-0.4, -0.2) is 12.9 Å². The molecule has 0 saturated carbocycles. The van der Waals surface area contributed by atoms with Crippen molar-refractivity contribution in [3.8, 4) is 16.9 Å². The normalized spacial score (nSPS) is 10.2. The fourth-order valence-corrected chi connectivity index (χ4v) is 2.38. The Morgan fingerprint density at radius 2 is 1.41 bits per heavy atom. The largest absolute Gasteiger partial charge is 0.497 e. The second-order valence-electron chi connectivity index (χ2n) is 5.00. The molecule has 0 aliphatic rings. The number of ketones is 1. The lowest BCUT2D eigenvalue weighted by atomic mass is 9.98. The molecule has 0 aromatic heterocycles. The number of hydrogen-bond donors (Lipinski definition) is 0. The first-order valence-corrected chi connectivity index (χ1v) is 7.12. The molecular formula is C20H16O2. The SMILES string of the molecule is COc1ccc(-c2cccc(C(=O)c3ccccc3)c2)cc1. The Bertz CT molecular complexity index is 774. The van der Waals surface area contributed by atoms with Crippen molar-refractivity contribution in [2.75, 3.05) is 7.11 Å². The highest BCUT2D eigenvalue weighted by Crippen LogP contribution is 2.24. The molecule has 0 N–H and O–H groups in total. The molecule has 0 amide bonds. The quantitative estimate of drug-likeness (QED) is 0.656. The standard InChI is InChI=1S/C20H16O2/c1-22-19-12-10-15(11-13-19)17-8-5-9-18(14-17)20(21)16-6-3-2-4-7-16/h2-14H,1H3. The van der Waals surface area contributed by atoms with E-state index in [-0.39, 0.29) is 5.78 Å². The van der Waals surface area contributed by atoms with Crippen molar-refractivity contribution in [3.63, 3.8) is 0 Å². The van der Waals surface area contributed by atoms with Gasteiger partial charge in [0, 0.05) is 11.1 Å². The van der Waals surface area contributed by atoms with Gasteiger partial charge in [-0.25, -0.2) is 0 Å². The number of hydrogen-bond acceptors (Lipinski definition) is 2. The van der Waals surface area contributed by atoms with Gasteiger partial charge < -0.3 is 4.74 Å². The van der Waals surface area contributed by atoms with E-state index in [0.29, 0.717) is 11.1 Å². The molecule has 3 rings (SSSR count). The van der Waals surface area contributed by atoms with E-state index < -0.39 is 0 Å². The molecule has 2 heteroatoms. The molecule has 3 aromatic carbocycles. The summed E-state index contributed by atoms with van der Waals surface area (Å²) >= 11 is 0. The second-order valence-corrected chi connectivity index (χ2v) is 5.00. The van der Waals surface area contributed by atoms with Gasteiger partial charge >= 0.3 is 0 Å². The zero-order valence-corrected chi connectivity index (χ0v) is 12.3. The zero-order chi connectivity index (χ0) is 15.4. The lowest BCUT2D eigenvalue weighted by Crippen LogP contribution is -2.00. The fourth-order valence-electron chi connectivity index (χ4n) is 2.38. The smallest absolute Gasteiger partial charge is 0.193 e. The molecule has 0 aliphatic carbocycles. The lowest BCUT2D eigenvalue weighted by molar-refractivity contribution is 0.103. The molecule has 108 valence electrons. The van der Waals surface area contributed by atoms with E-state index in [2.05, 4.69) is 0 Å². The highest BCUT2D eigenvalue weighted by Gasteiger charge is 2.09. The minimum absolute atomic E-state index is 0.0379. The number of benzene rings is 3. The molecule has 2 nitrogen and oxygen atoms in total. The minimum Gasteiger partial charge on any atom is -0.497 e. The third-order valence-electron chi connectivity index (χ3n) is 3.58. The third-order valence-corrected chi connectivity index (χ3v) is 3.58. The predicted molar refractivity (Wildman–Crippen MR) is 88.3 cm³/mol. The molecule has 0 heterocycles. The summed E-state index contributed by atoms with van der Waals surface area (Å²) in [6.45, 7) is 0. The topological polar surface area (TPSA) is 26.3 Å². The van der Waals surface area contributed by atoms with E-state index in [9.17, 15) is 4.79 Å². The van der Waals surface area contributed by atoms with Crippen LogP contribution in [0.4, 0.5) is 0 Å². The van der Waals surface area contributed by atoms with Crippen LogP contribution < -0.4 is 4.74 Å². The van der Waals surface area contributed by atoms with Crippen molar-refractivity contribution in [1.82, 2.24) is 0 Å². The van der Waals surface area contributed by atoms with Gasteiger partial charge in [-0.15, -0.1) is 0 Å². The summed E-state index contributed by atoms with van der Waals surface area (Å²) < 4.78 is 5.17. The summed E-state index contributed by atoms with van der Waals surface area (Å²) in [6.07, 6.45) is 0. The molecule has 3 aromatic rings. The number of ether oxygens (including phenoxy) is 1. The predicted octanol–water partition coefficient (Wildman–Crippen LogP) is 4.59. The van der Waals surface area contributed by atoms with Crippen molar-refractivity contribution < 1.29 is 9.53 Å². The number of carbonyl (C=O) groups is 1. The molecular weight excluding hydrogens is 272 g/mol. The van der Waals surface area contributed by atoms with Crippen molar-refractivity contribution in [2.24, 2.45) is 0 Å². The monoisotopic (exact) mass is 288 g/mol. The highest BCUT2D eigenvalue weighted by atomic mass is 16.5. The summed E-state index contributed by atoms with van der Waals surface area (Å²) in [5, 5.41) is 0. The Balaban J connectivity index is 1.94. The maximum Gasteiger partial charge on any atom is 0.193 e. The Hall–Kier alpha value is -2.87. The van der Waals surface area contributed by atoms with Crippen molar-refractivity contribution >= 4 is 5.78 Å². The zero-order valence-electron chi connectivity index (χ0n) is 12.3. The van der Waals surface area contributed by atoms with Gasteiger partial charge in [-0.05, 0) is 29.3 Å². The summed E-state index contributed by atoms with van der Waals surface area (Å²) in [5.41, 5.74) is 3.47. The summed E-state index contributed by atoms with van der Waals surface area (Å²) in [6, 6.07) is 24.8. The molecule has 0 spiro atoms. The van der Waals surface area contributed by atoms with Crippen LogP contribution >= 0.6 is 0 Å². The maximum atomic E-state index is 12.5. The second kappa shape index (κ2) is 6.27. The van der Waals surface area contributed by atoms with Crippen LogP contribution in [-0.2, 0) is 0 Å². The lowest BCUT2D eigenvalue weighted by Gasteiger charge is -2.06. The van der Waals surface area contributed by atoms with E-state index in [1.807, 2.05) is 78.9 Å². The van der Waals surface area contributed by atoms with Gasteiger partial charge in [-0.1, -0.05) is 60.7 Å².